The lowest BCUT2D eigenvalue weighted by molar-refractivity contribution is 0.293. The molecule has 0 spiro atoms. The third-order valence-electron chi connectivity index (χ3n) is 3.23. The molecule has 1 aromatic heterocycles. The van der Waals surface area contributed by atoms with Crippen molar-refractivity contribution in [3.63, 3.8) is 0 Å². The normalized spacial score (nSPS) is 11.2. The Kier molecular flexibility index (Phi) is 5.71. The second-order valence-electron chi connectivity index (χ2n) is 5.13. The summed E-state index contributed by atoms with van der Waals surface area (Å²) in [7, 11) is 0. The fourth-order valence-electron chi connectivity index (χ4n) is 2.00. The first-order chi connectivity index (χ1) is 9.70. The fourth-order valence-corrected chi connectivity index (χ4v) is 2.80. The molecule has 1 heterocycles. The number of hydrogen-bond acceptors (Lipinski definition) is 4. The molecule has 2 aromatic rings. The number of nitrogens with one attached hydrogen (secondary N) is 1. The third kappa shape index (κ3) is 4.13. The molecule has 20 heavy (non-hydrogen) atoms. The van der Waals surface area contributed by atoms with E-state index in [1.807, 2.05) is 0 Å². The van der Waals surface area contributed by atoms with Crippen LogP contribution in [0.5, 0.6) is 0 Å². The van der Waals surface area contributed by atoms with E-state index in [9.17, 15) is 0 Å². The molecule has 0 amide bonds. The number of aliphatic hydroxyl groups is 1. The molecule has 2 N–H and O–H groups in total. The average Bonchev–Trinajstić information content (AvgIpc) is 2.92. The van der Waals surface area contributed by atoms with Gasteiger partial charge >= 0.3 is 0 Å². The average molecular weight is 290 g/mol. The van der Waals surface area contributed by atoms with Crippen molar-refractivity contribution in [2.75, 3.05) is 19.7 Å². The van der Waals surface area contributed by atoms with Gasteiger partial charge in [0.05, 0.1) is 17.3 Å². The van der Waals surface area contributed by atoms with E-state index >= 15 is 0 Å². The molecule has 1 aromatic carbocycles. The van der Waals surface area contributed by atoms with Crippen molar-refractivity contribution in [3.05, 3.63) is 40.2 Å². The maximum atomic E-state index is 8.70. The van der Waals surface area contributed by atoms with Crippen molar-refractivity contribution in [1.29, 1.82) is 0 Å². The molecule has 0 bridgehead atoms. The van der Waals surface area contributed by atoms with E-state index in [4.69, 9.17) is 5.11 Å². The second kappa shape index (κ2) is 7.53. The zero-order chi connectivity index (χ0) is 14.4. The summed E-state index contributed by atoms with van der Waals surface area (Å²) in [6.07, 6.45) is 0.911. The molecule has 0 atom stereocenters. The van der Waals surface area contributed by atoms with Crippen LogP contribution in [0.4, 0.5) is 0 Å². The van der Waals surface area contributed by atoms with Crippen molar-refractivity contribution < 1.29 is 5.11 Å². The van der Waals surface area contributed by atoms with Gasteiger partial charge < -0.3 is 10.4 Å². The highest BCUT2D eigenvalue weighted by molar-refractivity contribution is 7.09. The van der Waals surface area contributed by atoms with Gasteiger partial charge in [-0.05, 0) is 11.5 Å². The summed E-state index contributed by atoms with van der Waals surface area (Å²) in [6.45, 7) is 6.10. The Morgan fingerprint density at radius 1 is 1.20 bits per heavy atom. The van der Waals surface area contributed by atoms with Gasteiger partial charge in [0.25, 0.3) is 0 Å². The number of thiazole rings is 1. The Balaban J connectivity index is 1.97. The number of nitrogens with zero attached hydrogens (tertiary/aromatic N) is 1. The molecule has 4 heteroatoms. The topological polar surface area (TPSA) is 45.1 Å². The Labute approximate surface area is 124 Å². The summed E-state index contributed by atoms with van der Waals surface area (Å²) < 4.78 is 0. The molecule has 0 aliphatic rings. The predicted molar refractivity (Wildman–Crippen MR) is 85.3 cm³/mol. The van der Waals surface area contributed by atoms with Gasteiger partial charge in [-0.2, -0.15) is 0 Å². The lowest BCUT2D eigenvalue weighted by atomic mass is 10.0. The van der Waals surface area contributed by atoms with Crippen LogP contribution >= 0.6 is 11.3 Å². The van der Waals surface area contributed by atoms with Crippen molar-refractivity contribution in [1.82, 2.24) is 10.3 Å². The molecule has 0 fully saturated rings. The smallest absolute Gasteiger partial charge is 0.0945 e. The zero-order valence-corrected chi connectivity index (χ0v) is 12.9. The first-order valence-electron chi connectivity index (χ1n) is 7.07. The van der Waals surface area contributed by atoms with Crippen LogP contribution in [0.25, 0.3) is 11.3 Å². The van der Waals surface area contributed by atoms with Gasteiger partial charge in [0.1, 0.15) is 0 Å². The molecule has 0 saturated carbocycles. The van der Waals surface area contributed by atoms with Crippen molar-refractivity contribution >= 4 is 11.3 Å². The third-order valence-corrected chi connectivity index (χ3v) is 4.14. The highest BCUT2D eigenvalue weighted by Gasteiger charge is 2.05. The van der Waals surface area contributed by atoms with Gasteiger partial charge in [-0.15, -0.1) is 11.3 Å². The maximum absolute atomic E-state index is 8.70. The van der Waals surface area contributed by atoms with Gasteiger partial charge in [-0.25, -0.2) is 4.98 Å². The molecule has 2 rings (SSSR count). The monoisotopic (exact) mass is 290 g/mol. The van der Waals surface area contributed by atoms with Crippen LogP contribution in [-0.2, 0) is 6.42 Å². The van der Waals surface area contributed by atoms with E-state index in [0.29, 0.717) is 12.5 Å². The molecular formula is C16H22N2OS. The zero-order valence-electron chi connectivity index (χ0n) is 12.1. The quantitative estimate of drug-likeness (QED) is 0.770. The van der Waals surface area contributed by atoms with E-state index in [1.165, 1.54) is 11.1 Å². The van der Waals surface area contributed by atoms with Crippen LogP contribution in [0, 0.1) is 0 Å². The summed E-state index contributed by atoms with van der Waals surface area (Å²) >= 11 is 1.70. The van der Waals surface area contributed by atoms with Gasteiger partial charge in [0, 0.05) is 30.5 Å². The van der Waals surface area contributed by atoms with Gasteiger partial charge in [0.15, 0.2) is 0 Å². The van der Waals surface area contributed by atoms with E-state index in [0.717, 1.165) is 23.7 Å². The SMILES string of the molecule is CC(C)c1ccc(-c2csc(CCNCCO)n2)cc1. The second-order valence-corrected chi connectivity index (χ2v) is 6.07. The number of hydrogen-bond donors (Lipinski definition) is 2. The van der Waals surface area contributed by atoms with Crippen LogP contribution in [0.3, 0.4) is 0 Å². The molecule has 0 radical (unpaired) electrons. The highest BCUT2D eigenvalue weighted by Crippen LogP contribution is 2.24. The van der Waals surface area contributed by atoms with E-state index in [1.54, 1.807) is 11.3 Å². The Bertz CT molecular complexity index is 520. The van der Waals surface area contributed by atoms with Gasteiger partial charge in [0.2, 0.25) is 0 Å². The van der Waals surface area contributed by atoms with Crippen molar-refractivity contribution in [2.24, 2.45) is 0 Å². The van der Waals surface area contributed by atoms with Crippen LogP contribution < -0.4 is 5.32 Å². The molecular weight excluding hydrogens is 268 g/mol. The Morgan fingerprint density at radius 2 is 1.95 bits per heavy atom. The van der Waals surface area contributed by atoms with Crippen LogP contribution in [0.2, 0.25) is 0 Å². The van der Waals surface area contributed by atoms with Gasteiger partial charge in [-0.3, -0.25) is 0 Å². The summed E-state index contributed by atoms with van der Waals surface area (Å²) in [4.78, 5) is 4.67. The fraction of sp³-hybridized carbons (Fsp3) is 0.438. The lowest BCUT2D eigenvalue weighted by Crippen LogP contribution is -2.20. The maximum Gasteiger partial charge on any atom is 0.0945 e. The molecule has 0 aliphatic heterocycles. The standard InChI is InChI=1S/C16H22N2OS/c1-12(2)13-3-5-14(6-4-13)15-11-20-16(18-15)7-8-17-9-10-19/h3-6,11-12,17,19H,7-10H2,1-2H3. The molecule has 0 saturated heterocycles. The number of benzene rings is 1. The number of rotatable bonds is 7. The summed E-state index contributed by atoms with van der Waals surface area (Å²) in [5.74, 6) is 0.563. The first-order valence-corrected chi connectivity index (χ1v) is 7.95. The van der Waals surface area contributed by atoms with Crippen LogP contribution in [-0.4, -0.2) is 29.8 Å². The van der Waals surface area contributed by atoms with E-state index in [2.05, 4.69) is 53.8 Å². The van der Waals surface area contributed by atoms with Crippen LogP contribution in [0.15, 0.2) is 29.6 Å². The largest absolute Gasteiger partial charge is 0.395 e. The van der Waals surface area contributed by atoms with Gasteiger partial charge in [-0.1, -0.05) is 38.1 Å². The molecule has 0 aliphatic carbocycles. The molecule has 3 nitrogen and oxygen atoms in total. The minimum atomic E-state index is 0.186. The van der Waals surface area contributed by atoms with Crippen LogP contribution in [0.1, 0.15) is 30.3 Å². The lowest BCUT2D eigenvalue weighted by Gasteiger charge is -2.05. The summed E-state index contributed by atoms with van der Waals surface area (Å²) in [5, 5.41) is 15.1. The minimum Gasteiger partial charge on any atom is -0.395 e. The Morgan fingerprint density at radius 3 is 2.60 bits per heavy atom. The van der Waals surface area contributed by atoms with Crippen molar-refractivity contribution in [2.45, 2.75) is 26.2 Å². The molecule has 108 valence electrons. The summed E-state index contributed by atoms with van der Waals surface area (Å²) in [5.41, 5.74) is 3.60. The highest BCUT2D eigenvalue weighted by atomic mass is 32.1. The molecule has 0 unspecified atom stereocenters. The first kappa shape index (κ1) is 15.2. The van der Waals surface area contributed by atoms with E-state index < -0.39 is 0 Å². The number of aromatic nitrogens is 1. The summed E-state index contributed by atoms with van der Waals surface area (Å²) in [6, 6.07) is 8.67. The minimum absolute atomic E-state index is 0.186. The van der Waals surface area contributed by atoms with E-state index in [-0.39, 0.29) is 6.61 Å². The van der Waals surface area contributed by atoms with Crippen molar-refractivity contribution in [3.8, 4) is 11.3 Å². The number of aliphatic hydroxyl groups excluding tert-OH is 1. The Hall–Kier alpha value is -1.23. The predicted octanol–water partition coefficient (Wildman–Crippen LogP) is 3.06.